The van der Waals surface area contributed by atoms with Crippen LogP contribution >= 0.6 is 11.6 Å². The Labute approximate surface area is 331 Å². The first-order valence-electron chi connectivity index (χ1n) is 18.0. The van der Waals surface area contributed by atoms with Crippen molar-refractivity contribution in [2.75, 3.05) is 12.1 Å². The fourth-order valence-electron chi connectivity index (χ4n) is 9.37. The second-order valence-corrected chi connectivity index (χ2v) is 15.0. The zero-order valence-electron chi connectivity index (χ0n) is 30.1. The average Bonchev–Trinajstić information content (AvgIpc) is 3.44. The maximum atomic E-state index is 15.2. The molecule has 298 valence electrons. The highest BCUT2D eigenvalue weighted by atomic mass is 35.5. The molecule has 0 bridgehead atoms. The van der Waals surface area contributed by atoms with Gasteiger partial charge in [0.25, 0.3) is 11.8 Å². The predicted octanol–water partition coefficient (Wildman–Crippen LogP) is 8.23. The van der Waals surface area contributed by atoms with Gasteiger partial charge >= 0.3 is 12.5 Å². The summed E-state index contributed by atoms with van der Waals surface area (Å²) < 4.78 is 86.2. The number of fused-ring (bicyclic) bond motifs is 4. The van der Waals surface area contributed by atoms with Gasteiger partial charge < -0.3 is 9.84 Å². The summed E-state index contributed by atoms with van der Waals surface area (Å²) in [5.41, 5.74) is -2.33. The lowest BCUT2D eigenvalue weighted by molar-refractivity contribution is -0.274. The molecule has 0 spiro atoms. The largest absolute Gasteiger partial charge is 0.573 e. The number of alkyl halides is 6. The minimum Gasteiger partial charge on any atom is -0.508 e. The van der Waals surface area contributed by atoms with E-state index in [0.29, 0.717) is 27.8 Å². The number of aromatic nitrogens is 1. The van der Waals surface area contributed by atoms with Crippen LogP contribution in [0.2, 0.25) is 5.02 Å². The molecule has 3 aliphatic carbocycles. The molecule has 9 nitrogen and oxygen atoms in total. The molecule has 1 saturated heterocycles. The van der Waals surface area contributed by atoms with Gasteiger partial charge in [0.2, 0.25) is 0 Å². The monoisotopic (exact) mass is 821 g/mol. The number of aromatic hydroxyl groups is 1. The van der Waals surface area contributed by atoms with E-state index in [1.54, 1.807) is 66.7 Å². The molecule has 4 aromatic rings. The number of imide groups is 1. The van der Waals surface area contributed by atoms with Crippen molar-refractivity contribution in [1.82, 2.24) is 9.99 Å². The van der Waals surface area contributed by atoms with E-state index < -0.39 is 93.9 Å². The van der Waals surface area contributed by atoms with Gasteiger partial charge in [0.15, 0.2) is 17.4 Å². The van der Waals surface area contributed by atoms with Crippen LogP contribution in [0.1, 0.15) is 41.1 Å². The SMILES string of the molecule is CN(c1nc(C(F)(F)F)ccc1Cl)N1C(=O)C2CC=C3C(CC4C(=O)C(c5ccccc5)=CC(=O)C4(c4ccccc4)C3c3cc(OC(F)(F)F)ccc3O)C2C1=O. The van der Waals surface area contributed by atoms with Gasteiger partial charge in [-0.3, -0.25) is 24.2 Å². The highest BCUT2D eigenvalue weighted by molar-refractivity contribution is 6.33. The summed E-state index contributed by atoms with van der Waals surface area (Å²) in [6.45, 7) is 0. The molecule has 16 heteroatoms. The van der Waals surface area contributed by atoms with Crippen LogP contribution in [0.4, 0.5) is 32.2 Å². The molecule has 1 aliphatic heterocycles. The lowest BCUT2D eigenvalue weighted by Gasteiger charge is -2.55. The first-order valence-corrected chi connectivity index (χ1v) is 18.4. The van der Waals surface area contributed by atoms with Crippen LogP contribution in [0.5, 0.6) is 11.5 Å². The van der Waals surface area contributed by atoms with Crippen molar-refractivity contribution >= 4 is 46.4 Å². The molecule has 2 fully saturated rings. The molecule has 6 unspecified atom stereocenters. The van der Waals surface area contributed by atoms with Crippen molar-refractivity contribution in [2.24, 2.45) is 23.7 Å². The molecule has 2 amide bonds. The molecule has 8 rings (SSSR count). The molecule has 58 heavy (non-hydrogen) atoms. The summed E-state index contributed by atoms with van der Waals surface area (Å²) in [4.78, 5) is 62.7. The average molecular weight is 822 g/mol. The van der Waals surface area contributed by atoms with E-state index >= 15 is 9.59 Å². The molecule has 2 heterocycles. The van der Waals surface area contributed by atoms with Gasteiger partial charge in [-0.25, -0.2) is 4.98 Å². The van der Waals surface area contributed by atoms with E-state index in [2.05, 4.69) is 9.72 Å². The number of rotatable bonds is 6. The second kappa shape index (κ2) is 13.9. The van der Waals surface area contributed by atoms with Gasteiger partial charge in [-0.05, 0) is 66.3 Å². The number of carbonyl (C=O) groups is 4. The maximum Gasteiger partial charge on any atom is 0.573 e. The number of carbonyl (C=O) groups excluding carboxylic acids is 4. The number of halogens is 7. The smallest absolute Gasteiger partial charge is 0.508 e. The molecular formula is C42H30ClF6N3O6. The number of amides is 2. The standard InChI is InChI=1S/C42H30ClF6N3O6/c1-51(37-30(43)15-17-32(50-37)41(44,45)46)52-38(56)25-14-13-24-27(34(25)39(52)57)19-29-36(55)26(21-8-4-2-5-9-21)20-33(54)40(29,22-10-6-3-7-11-22)35(24)28-18-23(12-16-31(28)53)58-42(47,48)49/h2-13,15-18,20,25,27,29,34-35,53H,14,19H2,1H3. The molecule has 0 radical (unpaired) electrons. The van der Waals surface area contributed by atoms with Crippen molar-refractivity contribution in [3.8, 4) is 11.5 Å². The topological polar surface area (TPSA) is 117 Å². The van der Waals surface area contributed by atoms with Gasteiger partial charge in [-0.1, -0.05) is 83.9 Å². The summed E-state index contributed by atoms with van der Waals surface area (Å²) in [7, 11) is 1.16. The minimum absolute atomic E-state index is 0.0551. The second-order valence-electron chi connectivity index (χ2n) is 14.6. The summed E-state index contributed by atoms with van der Waals surface area (Å²) in [5.74, 6) is -10.7. The third kappa shape index (κ3) is 6.14. The van der Waals surface area contributed by atoms with Crippen LogP contribution in [0.15, 0.2) is 109 Å². The van der Waals surface area contributed by atoms with Gasteiger partial charge in [0.05, 0.1) is 22.3 Å². The lowest BCUT2D eigenvalue weighted by atomic mass is 9.44. The van der Waals surface area contributed by atoms with E-state index in [1.165, 1.54) is 6.08 Å². The first-order chi connectivity index (χ1) is 27.4. The number of hydrogen-bond acceptors (Lipinski definition) is 8. The molecule has 3 aromatic carbocycles. The number of ether oxygens (including phenoxy) is 1. The van der Waals surface area contributed by atoms with Crippen LogP contribution in [0, 0.1) is 23.7 Å². The number of phenols is 1. The Balaban J connectivity index is 1.33. The number of ketones is 2. The summed E-state index contributed by atoms with van der Waals surface area (Å²) in [5, 5.41) is 12.7. The maximum absolute atomic E-state index is 15.2. The Morgan fingerprint density at radius 1 is 0.879 bits per heavy atom. The van der Waals surface area contributed by atoms with Gasteiger partial charge in [-0.2, -0.15) is 18.2 Å². The number of phenolic OH excluding ortho intramolecular Hbond substituents is 1. The number of hydrogen-bond donors (Lipinski definition) is 1. The summed E-state index contributed by atoms with van der Waals surface area (Å²) in [6.07, 6.45) is -7.57. The zero-order chi connectivity index (χ0) is 41.5. The summed E-state index contributed by atoms with van der Waals surface area (Å²) >= 11 is 6.27. The number of Topliss-reactive ketones (excluding diaryl/α,β-unsaturated/α-hetero) is 1. The number of nitrogens with zero attached hydrogens (tertiary/aromatic N) is 3. The van der Waals surface area contributed by atoms with Crippen molar-refractivity contribution in [2.45, 2.75) is 36.7 Å². The van der Waals surface area contributed by atoms with E-state index in [9.17, 15) is 41.0 Å². The van der Waals surface area contributed by atoms with Gasteiger partial charge in [0.1, 0.15) is 17.2 Å². The van der Waals surface area contributed by atoms with E-state index in [-0.39, 0.29) is 29.0 Å². The predicted molar refractivity (Wildman–Crippen MR) is 196 cm³/mol. The normalized spacial score (nSPS) is 25.7. The van der Waals surface area contributed by atoms with Crippen LogP contribution in [0.25, 0.3) is 5.57 Å². The number of anilines is 1. The van der Waals surface area contributed by atoms with E-state index in [1.807, 2.05) is 0 Å². The molecule has 1 N–H and O–H groups in total. The minimum atomic E-state index is -5.15. The third-order valence-corrected chi connectivity index (χ3v) is 11.9. The van der Waals surface area contributed by atoms with Crippen molar-refractivity contribution in [3.05, 3.63) is 136 Å². The van der Waals surface area contributed by atoms with E-state index in [4.69, 9.17) is 11.6 Å². The summed E-state index contributed by atoms with van der Waals surface area (Å²) in [6, 6.07) is 20.9. The Kier molecular flexibility index (Phi) is 9.29. The quantitative estimate of drug-likeness (QED) is 0.118. The first kappa shape index (κ1) is 38.9. The molecular weight excluding hydrogens is 792 g/mol. The van der Waals surface area contributed by atoms with E-state index in [0.717, 1.165) is 36.3 Å². The van der Waals surface area contributed by atoms with Crippen molar-refractivity contribution in [3.63, 3.8) is 0 Å². The van der Waals surface area contributed by atoms with Crippen LogP contribution in [-0.4, -0.2) is 51.9 Å². The highest BCUT2D eigenvalue weighted by Crippen LogP contribution is 2.64. The Morgan fingerprint density at radius 3 is 2.21 bits per heavy atom. The van der Waals surface area contributed by atoms with Crippen LogP contribution < -0.4 is 9.75 Å². The molecule has 1 aromatic heterocycles. The number of hydrazine groups is 1. The van der Waals surface area contributed by atoms with Crippen molar-refractivity contribution in [1.29, 1.82) is 0 Å². The Morgan fingerprint density at radius 2 is 1.55 bits per heavy atom. The van der Waals surface area contributed by atoms with Crippen LogP contribution in [0.3, 0.4) is 0 Å². The van der Waals surface area contributed by atoms with Crippen LogP contribution in [-0.2, 0) is 30.8 Å². The fourth-order valence-corrected chi connectivity index (χ4v) is 9.60. The fraction of sp³-hybridized carbons (Fsp3) is 0.262. The zero-order valence-corrected chi connectivity index (χ0v) is 30.8. The lowest BCUT2D eigenvalue weighted by Crippen LogP contribution is -2.59. The number of pyridine rings is 1. The van der Waals surface area contributed by atoms with Gasteiger partial charge in [0, 0.05) is 30.0 Å². The van der Waals surface area contributed by atoms with Gasteiger partial charge in [-0.15, -0.1) is 13.2 Å². The third-order valence-electron chi connectivity index (χ3n) is 11.6. The Hall–Kier alpha value is -5.96. The van der Waals surface area contributed by atoms with Crippen molar-refractivity contribution < 1.29 is 55.4 Å². The Bertz CT molecular complexity index is 2440. The number of benzene rings is 3. The highest BCUT2D eigenvalue weighted by Gasteiger charge is 2.66. The molecule has 4 aliphatic rings. The molecule has 6 atom stereocenters. The number of allylic oxidation sites excluding steroid dienone is 4. The molecule has 1 saturated carbocycles.